The highest BCUT2D eigenvalue weighted by atomic mass is 16.2. The maximum Gasteiger partial charge on any atom is 0.229 e. The molecule has 1 heterocycles. The summed E-state index contributed by atoms with van der Waals surface area (Å²) >= 11 is 0. The molecule has 3 aromatic rings. The largest absolute Gasteiger partial charge is 0.354 e. The lowest BCUT2D eigenvalue weighted by atomic mass is 10.0. The summed E-state index contributed by atoms with van der Waals surface area (Å²) in [5, 5.41) is 6.43. The second-order valence-electron chi connectivity index (χ2n) is 8.56. The highest BCUT2D eigenvalue weighted by molar-refractivity contribution is 6.05. The molecule has 0 aliphatic carbocycles. The van der Waals surface area contributed by atoms with Crippen molar-refractivity contribution in [3.8, 4) is 0 Å². The number of hydrogen-bond donors (Lipinski definition) is 2. The van der Waals surface area contributed by atoms with Crippen molar-refractivity contribution in [2.24, 2.45) is 5.92 Å². The standard InChI is InChI=1S/C28H31N3O2/c1-4-20-9-8-10-21(5-2)27(20)31-18-22(17-26(31)32)28(33)30-25-12-7-6-11-24(25)29-23-15-13-19(3)14-16-23/h6-16,22,29H,4-5,17-18H2,1-3H3,(H,30,33). The van der Waals surface area contributed by atoms with Gasteiger partial charge in [0.1, 0.15) is 0 Å². The fourth-order valence-corrected chi connectivity index (χ4v) is 4.39. The van der Waals surface area contributed by atoms with E-state index < -0.39 is 0 Å². The normalized spacial score (nSPS) is 15.5. The van der Waals surface area contributed by atoms with Crippen molar-refractivity contribution in [2.75, 3.05) is 22.1 Å². The summed E-state index contributed by atoms with van der Waals surface area (Å²) < 4.78 is 0. The van der Waals surface area contributed by atoms with Gasteiger partial charge < -0.3 is 15.5 Å². The number of anilines is 4. The summed E-state index contributed by atoms with van der Waals surface area (Å²) in [6, 6.07) is 21.9. The topological polar surface area (TPSA) is 61.4 Å². The molecular weight excluding hydrogens is 410 g/mol. The van der Waals surface area contributed by atoms with Gasteiger partial charge in [-0.05, 0) is 55.2 Å². The predicted octanol–water partition coefficient (Wildman–Crippen LogP) is 5.86. The van der Waals surface area contributed by atoms with Gasteiger partial charge in [-0.15, -0.1) is 0 Å². The predicted molar refractivity (Wildman–Crippen MR) is 135 cm³/mol. The maximum atomic E-state index is 13.2. The number of amides is 2. The van der Waals surface area contributed by atoms with Gasteiger partial charge in [0.05, 0.1) is 17.3 Å². The van der Waals surface area contributed by atoms with E-state index in [1.54, 1.807) is 0 Å². The molecule has 5 heteroatoms. The lowest BCUT2D eigenvalue weighted by molar-refractivity contribution is -0.122. The van der Waals surface area contributed by atoms with E-state index in [0.29, 0.717) is 12.2 Å². The quantitative estimate of drug-likeness (QED) is 0.483. The molecule has 1 aliphatic heterocycles. The van der Waals surface area contributed by atoms with Crippen LogP contribution in [0.4, 0.5) is 22.7 Å². The van der Waals surface area contributed by atoms with Crippen molar-refractivity contribution >= 4 is 34.6 Å². The molecule has 1 unspecified atom stereocenters. The van der Waals surface area contributed by atoms with Crippen molar-refractivity contribution in [1.29, 1.82) is 0 Å². The van der Waals surface area contributed by atoms with Crippen LogP contribution < -0.4 is 15.5 Å². The summed E-state index contributed by atoms with van der Waals surface area (Å²) in [7, 11) is 0. The number of nitrogens with one attached hydrogen (secondary N) is 2. The summed E-state index contributed by atoms with van der Waals surface area (Å²) in [5.41, 5.74) is 6.95. The molecule has 0 bridgehead atoms. The smallest absolute Gasteiger partial charge is 0.229 e. The molecule has 2 amide bonds. The number of benzene rings is 3. The van der Waals surface area contributed by atoms with Gasteiger partial charge in [-0.3, -0.25) is 9.59 Å². The zero-order chi connectivity index (χ0) is 23.4. The van der Waals surface area contributed by atoms with Crippen molar-refractivity contribution in [3.63, 3.8) is 0 Å². The molecule has 5 nitrogen and oxygen atoms in total. The third-order valence-corrected chi connectivity index (χ3v) is 6.25. The molecule has 170 valence electrons. The molecule has 1 aliphatic rings. The minimum Gasteiger partial charge on any atom is -0.354 e. The molecule has 2 N–H and O–H groups in total. The van der Waals surface area contributed by atoms with Crippen LogP contribution >= 0.6 is 0 Å². The minimum absolute atomic E-state index is 0.0109. The van der Waals surface area contributed by atoms with Crippen LogP contribution in [0.1, 0.15) is 37.0 Å². The number of carbonyl (C=O) groups is 2. The van der Waals surface area contributed by atoms with Crippen LogP contribution in [0.3, 0.4) is 0 Å². The molecule has 0 aromatic heterocycles. The zero-order valence-electron chi connectivity index (χ0n) is 19.5. The van der Waals surface area contributed by atoms with Crippen LogP contribution in [0.25, 0.3) is 0 Å². The van der Waals surface area contributed by atoms with E-state index in [1.165, 1.54) is 5.56 Å². The Kier molecular flexibility index (Phi) is 6.78. The zero-order valence-corrected chi connectivity index (χ0v) is 19.5. The first kappa shape index (κ1) is 22.6. The van der Waals surface area contributed by atoms with Gasteiger partial charge in [-0.25, -0.2) is 0 Å². The molecule has 4 rings (SSSR count). The number of aryl methyl sites for hydroxylation is 3. The van der Waals surface area contributed by atoms with E-state index in [0.717, 1.165) is 41.0 Å². The second kappa shape index (κ2) is 9.90. The van der Waals surface area contributed by atoms with Gasteiger partial charge in [0.2, 0.25) is 11.8 Å². The molecular formula is C28H31N3O2. The summed E-state index contributed by atoms with van der Waals surface area (Å²) in [4.78, 5) is 27.9. The second-order valence-corrected chi connectivity index (χ2v) is 8.56. The van der Waals surface area contributed by atoms with Gasteiger partial charge in [0.25, 0.3) is 0 Å². The van der Waals surface area contributed by atoms with E-state index in [1.807, 2.05) is 66.4 Å². The van der Waals surface area contributed by atoms with Gasteiger partial charge in [0, 0.05) is 24.3 Å². The average molecular weight is 442 g/mol. The molecule has 1 saturated heterocycles. The van der Waals surface area contributed by atoms with Crippen LogP contribution in [0.2, 0.25) is 0 Å². The lowest BCUT2D eigenvalue weighted by Gasteiger charge is -2.23. The Morgan fingerprint density at radius 1 is 0.909 bits per heavy atom. The first-order valence-corrected chi connectivity index (χ1v) is 11.6. The summed E-state index contributed by atoms with van der Waals surface area (Å²) in [6.45, 7) is 6.65. The average Bonchev–Trinajstić information content (AvgIpc) is 3.22. The number of rotatable bonds is 7. The Bertz CT molecular complexity index is 1130. The fourth-order valence-electron chi connectivity index (χ4n) is 4.39. The van der Waals surface area contributed by atoms with Gasteiger partial charge in [-0.1, -0.05) is 61.9 Å². The molecule has 3 aromatic carbocycles. The van der Waals surface area contributed by atoms with Crippen molar-refractivity contribution < 1.29 is 9.59 Å². The van der Waals surface area contributed by atoms with Crippen molar-refractivity contribution in [3.05, 3.63) is 83.4 Å². The van der Waals surface area contributed by atoms with E-state index in [9.17, 15) is 9.59 Å². The summed E-state index contributed by atoms with van der Waals surface area (Å²) in [6.07, 6.45) is 1.92. The van der Waals surface area contributed by atoms with Gasteiger partial charge >= 0.3 is 0 Å². The van der Waals surface area contributed by atoms with Crippen LogP contribution in [0.15, 0.2) is 66.7 Å². The number of para-hydroxylation sites is 3. The highest BCUT2D eigenvalue weighted by Crippen LogP contribution is 2.33. The SMILES string of the molecule is CCc1cccc(CC)c1N1CC(C(=O)Nc2ccccc2Nc2ccc(C)cc2)CC1=O. The molecule has 1 atom stereocenters. The van der Waals surface area contributed by atoms with E-state index in [2.05, 4.69) is 36.6 Å². The Morgan fingerprint density at radius 2 is 1.55 bits per heavy atom. The van der Waals surface area contributed by atoms with Crippen LogP contribution in [-0.2, 0) is 22.4 Å². The van der Waals surface area contributed by atoms with E-state index >= 15 is 0 Å². The Balaban J connectivity index is 1.51. The Hall–Kier alpha value is -3.60. The number of carbonyl (C=O) groups excluding carboxylic acids is 2. The number of hydrogen-bond acceptors (Lipinski definition) is 3. The monoisotopic (exact) mass is 441 g/mol. The molecule has 0 spiro atoms. The summed E-state index contributed by atoms with van der Waals surface area (Å²) in [5.74, 6) is -0.507. The number of nitrogens with zero attached hydrogens (tertiary/aromatic N) is 1. The lowest BCUT2D eigenvalue weighted by Crippen LogP contribution is -2.29. The Labute approximate surface area is 195 Å². The Morgan fingerprint density at radius 3 is 2.18 bits per heavy atom. The third-order valence-electron chi connectivity index (χ3n) is 6.25. The van der Waals surface area contributed by atoms with Crippen LogP contribution in [0.5, 0.6) is 0 Å². The van der Waals surface area contributed by atoms with Crippen molar-refractivity contribution in [1.82, 2.24) is 0 Å². The molecule has 0 saturated carbocycles. The molecule has 0 radical (unpaired) electrons. The van der Waals surface area contributed by atoms with Gasteiger partial charge in [-0.2, -0.15) is 0 Å². The maximum absolute atomic E-state index is 13.2. The van der Waals surface area contributed by atoms with Crippen LogP contribution in [-0.4, -0.2) is 18.4 Å². The van der Waals surface area contributed by atoms with Gasteiger partial charge in [0.15, 0.2) is 0 Å². The highest BCUT2D eigenvalue weighted by Gasteiger charge is 2.36. The van der Waals surface area contributed by atoms with Crippen molar-refractivity contribution in [2.45, 2.75) is 40.0 Å². The van der Waals surface area contributed by atoms with E-state index in [4.69, 9.17) is 0 Å². The first-order valence-electron chi connectivity index (χ1n) is 11.6. The van der Waals surface area contributed by atoms with E-state index in [-0.39, 0.29) is 24.2 Å². The van der Waals surface area contributed by atoms with Crippen LogP contribution in [0, 0.1) is 12.8 Å². The molecule has 33 heavy (non-hydrogen) atoms. The fraction of sp³-hybridized carbons (Fsp3) is 0.286. The minimum atomic E-state index is -0.389. The first-order chi connectivity index (χ1) is 16.0. The molecule has 1 fully saturated rings. The third kappa shape index (κ3) is 4.92.